The van der Waals surface area contributed by atoms with Crippen molar-refractivity contribution in [1.29, 1.82) is 0 Å². The van der Waals surface area contributed by atoms with E-state index in [9.17, 15) is 9.59 Å². The summed E-state index contributed by atoms with van der Waals surface area (Å²) in [7, 11) is 1.65. The number of fused-ring (bicyclic) bond motifs is 2. The average Bonchev–Trinajstić information content (AvgIpc) is 3.69. The first-order chi connectivity index (χ1) is 18.9. The van der Waals surface area contributed by atoms with Crippen LogP contribution in [0.4, 0.5) is 0 Å². The highest BCUT2D eigenvalue weighted by atomic mass is 16.5. The molecule has 0 aliphatic carbocycles. The largest absolute Gasteiger partial charge is 0.493 e. The highest BCUT2D eigenvalue weighted by Gasteiger charge is 2.36. The van der Waals surface area contributed by atoms with E-state index < -0.39 is 0 Å². The fourth-order valence-corrected chi connectivity index (χ4v) is 6.54. The van der Waals surface area contributed by atoms with Gasteiger partial charge in [0.1, 0.15) is 12.4 Å². The molecule has 204 valence electrons. The minimum Gasteiger partial charge on any atom is -0.493 e. The number of piperidine rings is 1. The van der Waals surface area contributed by atoms with E-state index in [4.69, 9.17) is 4.74 Å². The summed E-state index contributed by atoms with van der Waals surface area (Å²) in [5.41, 5.74) is 6.46. The number of carbonyl (C=O) groups excluding carboxylic acids is 2. The van der Waals surface area contributed by atoms with Crippen molar-refractivity contribution in [1.82, 2.24) is 29.4 Å². The van der Waals surface area contributed by atoms with E-state index in [0.29, 0.717) is 29.8 Å². The summed E-state index contributed by atoms with van der Waals surface area (Å²) in [6, 6.07) is 8.49. The molecule has 4 aromatic rings. The van der Waals surface area contributed by atoms with E-state index in [0.717, 1.165) is 55.5 Å². The Morgan fingerprint density at radius 1 is 1.10 bits per heavy atom. The zero-order valence-corrected chi connectivity index (χ0v) is 23.1. The molecule has 6 rings (SSSR count). The molecular weight excluding hydrogens is 492 g/mol. The van der Waals surface area contributed by atoms with E-state index in [1.165, 1.54) is 22.8 Å². The van der Waals surface area contributed by atoms with Gasteiger partial charge in [-0.1, -0.05) is 19.9 Å². The van der Waals surface area contributed by atoms with Crippen LogP contribution in [-0.2, 0) is 9.59 Å². The van der Waals surface area contributed by atoms with Crippen molar-refractivity contribution >= 4 is 28.4 Å². The first-order valence-electron chi connectivity index (χ1n) is 13.9. The molecule has 1 N–H and O–H groups in total. The zero-order valence-electron chi connectivity index (χ0n) is 23.1. The lowest BCUT2D eigenvalue weighted by Gasteiger charge is -2.35. The number of H-pyrrole nitrogens is 1. The van der Waals surface area contributed by atoms with E-state index >= 15 is 0 Å². The van der Waals surface area contributed by atoms with Crippen LogP contribution in [0.15, 0.2) is 36.8 Å². The summed E-state index contributed by atoms with van der Waals surface area (Å²) in [6.07, 6.45) is 7.07. The Hall–Kier alpha value is -3.88. The van der Waals surface area contributed by atoms with Crippen LogP contribution in [0.5, 0.6) is 5.75 Å². The predicted octanol–water partition coefficient (Wildman–Crippen LogP) is 4.73. The van der Waals surface area contributed by atoms with E-state index in [2.05, 4.69) is 47.1 Å². The molecule has 0 radical (unpaired) electrons. The van der Waals surface area contributed by atoms with E-state index in [-0.39, 0.29) is 17.9 Å². The molecule has 2 fully saturated rings. The normalized spacial score (nSPS) is 18.5. The summed E-state index contributed by atoms with van der Waals surface area (Å²) in [5.74, 6) is 1.51. The molecule has 1 aromatic carbocycles. The maximum atomic E-state index is 13.2. The van der Waals surface area contributed by atoms with Crippen LogP contribution in [0.3, 0.4) is 0 Å². The van der Waals surface area contributed by atoms with Crippen LogP contribution in [0, 0.1) is 0 Å². The molecular formula is C30H36N6O3. The van der Waals surface area contributed by atoms with Gasteiger partial charge in [-0.05, 0) is 66.8 Å². The lowest BCUT2D eigenvalue weighted by atomic mass is 9.87. The molecule has 9 nitrogen and oxygen atoms in total. The SMILES string of the molecule is COc1cc(-c2[nH]c3ccc(C4CCN(C(=O)C5CCCN5C(C)=O)CC4)cc3c2C(C)C)cn2ncnc12. The van der Waals surface area contributed by atoms with Gasteiger partial charge in [-0.2, -0.15) is 5.10 Å². The molecule has 2 aliphatic rings. The van der Waals surface area contributed by atoms with Gasteiger partial charge >= 0.3 is 0 Å². The third-order valence-corrected chi connectivity index (χ3v) is 8.51. The van der Waals surface area contributed by atoms with E-state index in [1.54, 1.807) is 23.4 Å². The smallest absolute Gasteiger partial charge is 0.245 e. The Balaban J connectivity index is 1.26. The van der Waals surface area contributed by atoms with Crippen LogP contribution in [0.1, 0.15) is 69.4 Å². The van der Waals surface area contributed by atoms with Gasteiger partial charge in [0.2, 0.25) is 11.8 Å². The van der Waals surface area contributed by atoms with Gasteiger partial charge in [0.15, 0.2) is 11.4 Å². The Bertz CT molecular complexity index is 1550. The average molecular weight is 529 g/mol. The molecule has 3 aromatic heterocycles. The number of ether oxygens (including phenoxy) is 1. The number of likely N-dealkylation sites (tertiary alicyclic amines) is 2. The van der Waals surface area contributed by atoms with Crippen LogP contribution in [-0.4, -0.2) is 74.0 Å². The number of rotatable bonds is 5. The topological polar surface area (TPSA) is 95.8 Å². The number of amides is 2. The number of hydrogen-bond acceptors (Lipinski definition) is 5. The fourth-order valence-electron chi connectivity index (χ4n) is 6.54. The molecule has 1 unspecified atom stereocenters. The van der Waals surface area contributed by atoms with Gasteiger partial charge in [0.25, 0.3) is 0 Å². The van der Waals surface area contributed by atoms with Crippen LogP contribution >= 0.6 is 0 Å². The van der Waals surface area contributed by atoms with Gasteiger partial charge < -0.3 is 19.5 Å². The fraction of sp³-hybridized carbons (Fsp3) is 0.467. The number of aromatic nitrogens is 4. The lowest BCUT2D eigenvalue weighted by Crippen LogP contribution is -2.49. The van der Waals surface area contributed by atoms with Gasteiger partial charge in [-0.3, -0.25) is 9.59 Å². The third-order valence-electron chi connectivity index (χ3n) is 8.51. The van der Waals surface area contributed by atoms with Crippen molar-refractivity contribution in [2.75, 3.05) is 26.7 Å². The number of methoxy groups -OCH3 is 1. The van der Waals surface area contributed by atoms with Crippen LogP contribution in [0.25, 0.3) is 27.8 Å². The van der Waals surface area contributed by atoms with Gasteiger partial charge in [-0.25, -0.2) is 9.50 Å². The highest BCUT2D eigenvalue weighted by Crippen LogP contribution is 2.39. The summed E-state index contributed by atoms with van der Waals surface area (Å²) in [6.45, 7) is 8.17. The second kappa shape index (κ2) is 10.0. The molecule has 0 bridgehead atoms. The maximum Gasteiger partial charge on any atom is 0.245 e. The molecule has 2 saturated heterocycles. The van der Waals surface area contributed by atoms with Crippen LogP contribution < -0.4 is 4.74 Å². The maximum absolute atomic E-state index is 13.2. The quantitative estimate of drug-likeness (QED) is 0.404. The summed E-state index contributed by atoms with van der Waals surface area (Å²) < 4.78 is 7.37. The van der Waals surface area contributed by atoms with Gasteiger partial charge in [-0.15, -0.1) is 0 Å². The molecule has 2 amide bonds. The number of hydrogen-bond donors (Lipinski definition) is 1. The first-order valence-corrected chi connectivity index (χ1v) is 13.9. The van der Waals surface area contributed by atoms with Crippen molar-refractivity contribution in [3.8, 4) is 17.0 Å². The summed E-state index contributed by atoms with van der Waals surface area (Å²) in [4.78, 5) is 36.9. The second-order valence-corrected chi connectivity index (χ2v) is 11.2. The Morgan fingerprint density at radius 2 is 1.90 bits per heavy atom. The minimum absolute atomic E-state index is 0.000483. The molecule has 2 aliphatic heterocycles. The zero-order chi connectivity index (χ0) is 27.3. The van der Waals surface area contributed by atoms with E-state index in [1.807, 2.05) is 17.2 Å². The molecule has 39 heavy (non-hydrogen) atoms. The number of carbonyl (C=O) groups is 2. The standard InChI is InChI=1S/C30H36N6O3/c1-18(2)27-23-14-21(20-9-12-34(13-10-20)30(38)25-6-5-11-35(25)19(3)37)7-8-24(23)33-28(27)22-15-26(39-4)29-31-17-32-36(29)16-22/h7-8,14-18,20,25,33H,5-6,9-13H2,1-4H3. The van der Waals surface area contributed by atoms with Crippen molar-refractivity contribution in [2.45, 2.75) is 64.3 Å². The number of nitrogens with zero attached hydrogens (tertiary/aromatic N) is 5. The van der Waals surface area contributed by atoms with Gasteiger partial charge in [0, 0.05) is 49.2 Å². The lowest BCUT2D eigenvalue weighted by molar-refractivity contribution is -0.143. The second-order valence-electron chi connectivity index (χ2n) is 11.2. The molecule has 9 heteroatoms. The van der Waals surface area contributed by atoms with Gasteiger partial charge in [0.05, 0.1) is 12.8 Å². The third kappa shape index (κ3) is 4.43. The first kappa shape index (κ1) is 25.4. The molecule has 0 saturated carbocycles. The molecule has 1 atom stereocenters. The number of aromatic amines is 1. The number of benzene rings is 1. The highest BCUT2D eigenvalue weighted by molar-refractivity contribution is 5.92. The Morgan fingerprint density at radius 3 is 2.62 bits per heavy atom. The van der Waals surface area contributed by atoms with Crippen molar-refractivity contribution in [3.63, 3.8) is 0 Å². The Kier molecular flexibility index (Phi) is 6.53. The summed E-state index contributed by atoms with van der Waals surface area (Å²) in [5, 5.41) is 5.57. The minimum atomic E-state index is -0.280. The number of nitrogens with one attached hydrogen (secondary N) is 1. The Labute approximate surface area is 228 Å². The predicted molar refractivity (Wildman–Crippen MR) is 150 cm³/mol. The van der Waals surface area contributed by atoms with Crippen LogP contribution in [0.2, 0.25) is 0 Å². The van der Waals surface area contributed by atoms with Crippen molar-refractivity contribution in [3.05, 3.63) is 47.9 Å². The molecule has 5 heterocycles. The van der Waals surface area contributed by atoms with Crippen molar-refractivity contribution in [2.24, 2.45) is 0 Å². The number of pyridine rings is 1. The monoisotopic (exact) mass is 528 g/mol. The van der Waals surface area contributed by atoms with Crippen molar-refractivity contribution < 1.29 is 14.3 Å². The molecule has 0 spiro atoms. The summed E-state index contributed by atoms with van der Waals surface area (Å²) >= 11 is 0.